The molecule has 1 aliphatic heterocycles. The monoisotopic (exact) mass is 336 g/mol. The third kappa shape index (κ3) is 2.87. The molecule has 1 aliphatic rings. The Hall–Kier alpha value is -2.17. The third-order valence-corrected chi connectivity index (χ3v) is 5.51. The lowest BCUT2D eigenvalue weighted by molar-refractivity contribution is 0.354. The molecule has 0 fully saturated rings. The van der Waals surface area contributed by atoms with Crippen molar-refractivity contribution in [2.75, 3.05) is 20.6 Å². The summed E-state index contributed by atoms with van der Waals surface area (Å²) in [6.07, 6.45) is 4.93. The van der Waals surface area contributed by atoms with Gasteiger partial charge in [-0.25, -0.2) is 9.97 Å². The number of aromatic nitrogens is 4. The molecule has 3 heterocycles. The molecule has 0 saturated carbocycles. The molecule has 23 heavy (non-hydrogen) atoms. The summed E-state index contributed by atoms with van der Waals surface area (Å²) in [6.45, 7) is 0.294. The second-order valence-electron chi connectivity index (χ2n) is 5.30. The number of nitrogens with zero attached hydrogens (tertiary/aromatic N) is 5. The molecule has 2 aromatic rings. The Bertz CT molecular complexity index is 878. The summed E-state index contributed by atoms with van der Waals surface area (Å²) in [4.78, 5) is 27.4. The van der Waals surface area contributed by atoms with E-state index in [1.165, 1.54) is 37.0 Å². The van der Waals surface area contributed by atoms with Gasteiger partial charge in [0.25, 0.3) is 15.8 Å². The van der Waals surface area contributed by atoms with Gasteiger partial charge in [0, 0.05) is 46.0 Å². The number of H-pyrrole nitrogens is 1. The molecule has 0 saturated heterocycles. The van der Waals surface area contributed by atoms with Crippen molar-refractivity contribution in [1.82, 2.24) is 28.5 Å². The molecule has 9 nitrogen and oxygen atoms in total. The van der Waals surface area contributed by atoms with Crippen LogP contribution in [0.4, 0.5) is 0 Å². The smallest absolute Gasteiger partial charge is 0.281 e. The highest BCUT2D eigenvalue weighted by atomic mass is 32.2. The van der Waals surface area contributed by atoms with E-state index in [0.29, 0.717) is 29.2 Å². The Morgan fingerprint density at radius 2 is 2.09 bits per heavy atom. The Morgan fingerprint density at radius 1 is 1.30 bits per heavy atom. The molecule has 0 amide bonds. The van der Waals surface area contributed by atoms with Gasteiger partial charge in [-0.3, -0.25) is 9.78 Å². The minimum absolute atomic E-state index is 0.0128. The van der Waals surface area contributed by atoms with Crippen molar-refractivity contribution in [3.05, 3.63) is 40.2 Å². The van der Waals surface area contributed by atoms with Crippen LogP contribution in [0.15, 0.2) is 23.4 Å². The van der Waals surface area contributed by atoms with Gasteiger partial charge in [-0.05, 0) is 0 Å². The van der Waals surface area contributed by atoms with Gasteiger partial charge in [0.15, 0.2) is 5.82 Å². The molecule has 0 unspecified atom stereocenters. The minimum Gasteiger partial charge on any atom is -0.305 e. The number of fused-ring (bicyclic) bond motifs is 1. The zero-order valence-corrected chi connectivity index (χ0v) is 13.5. The van der Waals surface area contributed by atoms with Crippen molar-refractivity contribution >= 4 is 10.2 Å². The highest BCUT2D eigenvalue weighted by Gasteiger charge is 2.30. The third-order valence-electron chi connectivity index (χ3n) is 3.63. The minimum atomic E-state index is -3.56. The van der Waals surface area contributed by atoms with Crippen molar-refractivity contribution in [3.63, 3.8) is 0 Å². The highest BCUT2D eigenvalue weighted by Crippen LogP contribution is 2.19. The molecule has 10 heteroatoms. The predicted octanol–water partition coefficient (Wildman–Crippen LogP) is -0.609. The van der Waals surface area contributed by atoms with Gasteiger partial charge in [0.05, 0.1) is 17.5 Å². The molecular weight excluding hydrogens is 320 g/mol. The second kappa shape index (κ2) is 5.80. The molecule has 0 aliphatic carbocycles. The van der Waals surface area contributed by atoms with E-state index < -0.39 is 10.2 Å². The first-order valence-corrected chi connectivity index (χ1v) is 8.35. The van der Waals surface area contributed by atoms with Crippen LogP contribution in [0.3, 0.4) is 0 Å². The van der Waals surface area contributed by atoms with Crippen molar-refractivity contribution in [2.45, 2.75) is 13.0 Å². The van der Waals surface area contributed by atoms with E-state index in [2.05, 4.69) is 19.9 Å². The van der Waals surface area contributed by atoms with Gasteiger partial charge < -0.3 is 4.98 Å². The lowest BCUT2D eigenvalue weighted by atomic mass is 10.1. The summed E-state index contributed by atoms with van der Waals surface area (Å²) in [5.74, 6) is 0.339. The number of nitrogens with one attached hydrogen (secondary N) is 1. The van der Waals surface area contributed by atoms with Gasteiger partial charge in [0.1, 0.15) is 5.69 Å². The molecule has 0 radical (unpaired) electrons. The number of aromatic amines is 1. The molecule has 0 bridgehead atoms. The quantitative estimate of drug-likeness (QED) is 0.800. The lowest BCUT2D eigenvalue weighted by Crippen LogP contribution is -2.44. The maximum atomic E-state index is 12.3. The molecule has 2 aromatic heterocycles. The van der Waals surface area contributed by atoms with Crippen molar-refractivity contribution in [1.29, 1.82) is 0 Å². The summed E-state index contributed by atoms with van der Waals surface area (Å²) < 4.78 is 26.8. The van der Waals surface area contributed by atoms with E-state index in [4.69, 9.17) is 0 Å². The zero-order valence-electron chi connectivity index (χ0n) is 12.7. The van der Waals surface area contributed by atoms with Crippen LogP contribution in [0.25, 0.3) is 11.5 Å². The fourth-order valence-electron chi connectivity index (χ4n) is 2.37. The first-order chi connectivity index (χ1) is 10.9. The van der Waals surface area contributed by atoms with E-state index in [1.807, 2.05) is 0 Å². The predicted molar refractivity (Wildman–Crippen MR) is 82.6 cm³/mol. The first-order valence-electron chi connectivity index (χ1n) is 6.95. The topological polar surface area (TPSA) is 112 Å². The van der Waals surface area contributed by atoms with E-state index in [0.717, 1.165) is 4.31 Å². The second-order valence-corrected chi connectivity index (χ2v) is 7.45. The number of rotatable bonds is 3. The van der Waals surface area contributed by atoms with Crippen molar-refractivity contribution in [2.24, 2.45) is 0 Å². The Labute approximate surface area is 133 Å². The lowest BCUT2D eigenvalue weighted by Gasteiger charge is -2.29. The maximum Gasteiger partial charge on any atom is 0.281 e. The van der Waals surface area contributed by atoms with Crippen LogP contribution < -0.4 is 5.56 Å². The average molecular weight is 336 g/mol. The molecule has 0 atom stereocenters. The van der Waals surface area contributed by atoms with Crippen LogP contribution in [-0.2, 0) is 23.2 Å². The Balaban J connectivity index is 1.99. The number of hydrogen-bond donors (Lipinski definition) is 1. The molecule has 1 N–H and O–H groups in total. The van der Waals surface area contributed by atoms with Crippen molar-refractivity contribution in [3.8, 4) is 11.5 Å². The Morgan fingerprint density at radius 3 is 2.74 bits per heavy atom. The highest BCUT2D eigenvalue weighted by molar-refractivity contribution is 7.86. The molecular formula is C13H16N6O3S. The van der Waals surface area contributed by atoms with E-state index in [9.17, 15) is 13.2 Å². The van der Waals surface area contributed by atoms with Crippen LogP contribution >= 0.6 is 0 Å². The van der Waals surface area contributed by atoms with Crippen LogP contribution in [0.5, 0.6) is 0 Å². The summed E-state index contributed by atoms with van der Waals surface area (Å²) in [7, 11) is -0.632. The average Bonchev–Trinajstić information content (AvgIpc) is 2.55. The van der Waals surface area contributed by atoms with Gasteiger partial charge in [-0.1, -0.05) is 0 Å². The van der Waals surface area contributed by atoms with Crippen LogP contribution in [0, 0.1) is 0 Å². The van der Waals surface area contributed by atoms with Gasteiger partial charge in [0.2, 0.25) is 0 Å². The SMILES string of the molecule is CN(C)S(=O)(=O)N1CCc2nc(-c3cnccn3)[nH]c(=O)c2C1. The molecule has 0 spiro atoms. The zero-order chi connectivity index (χ0) is 16.6. The standard InChI is InChI=1S/C13H16N6O3S/c1-18(2)23(21,22)19-6-3-10-9(8-19)13(20)17-12(16-10)11-7-14-4-5-15-11/h4-5,7H,3,6,8H2,1-2H3,(H,16,17,20). The summed E-state index contributed by atoms with van der Waals surface area (Å²) >= 11 is 0. The fourth-order valence-corrected chi connectivity index (χ4v) is 3.45. The molecule has 0 aromatic carbocycles. The normalized spacial score (nSPS) is 15.6. The molecule has 122 valence electrons. The Kier molecular flexibility index (Phi) is 3.96. The van der Waals surface area contributed by atoms with Crippen LogP contribution in [0.2, 0.25) is 0 Å². The van der Waals surface area contributed by atoms with Gasteiger partial charge in [-0.15, -0.1) is 0 Å². The van der Waals surface area contributed by atoms with Crippen molar-refractivity contribution < 1.29 is 8.42 Å². The summed E-state index contributed by atoms with van der Waals surface area (Å²) in [6, 6.07) is 0. The van der Waals surface area contributed by atoms with Crippen LogP contribution in [-0.4, -0.2) is 57.6 Å². The fraction of sp³-hybridized carbons (Fsp3) is 0.385. The van der Waals surface area contributed by atoms with Gasteiger partial charge in [-0.2, -0.15) is 17.0 Å². The largest absolute Gasteiger partial charge is 0.305 e. The maximum absolute atomic E-state index is 12.3. The van der Waals surface area contributed by atoms with E-state index in [1.54, 1.807) is 0 Å². The summed E-state index contributed by atoms with van der Waals surface area (Å²) in [5.41, 5.74) is 1.08. The number of hydrogen-bond acceptors (Lipinski definition) is 6. The van der Waals surface area contributed by atoms with Crippen LogP contribution in [0.1, 0.15) is 11.3 Å². The van der Waals surface area contributed by atoms with E-state index in [-0.39, 0.29) is 18.6 Å². The summed E-state index contributed by atoms with van der Waals surface area (Å²) in [5, 5.41) is 0. The van der Waals surface area contributed by atoms with E-state index >= 15 is 0 Å². The molecule has 3 rings (SSSR count). The van der Waals surface area contributed by atoms with Gasteiger partial charge >= 0.3 is 0 Å². The first kappa shape index (κ1) is 15.7.